The first-order valence-corrected chi connectivity index (χ1v) is 17.5. The third kappa shape index (κ3) is 19.4. The highest BCUT2D eigenvalue weighted by atomic mass is 16.6. The first kappa shape index (κ1) is 42.5. The highest BCUT2D eigenvalue weighted by Gasteiger charge is 2.15. The van der Waals surface area contributed by atoms with Crippen LogP contribution in [0.2, 0.25) is 0 Å². The van der Waals surface area contributed by atoms with Crippen molar-refractivity contribution in [1.82, 2.24) is 14.9 Å². The van der Waals surface area contributed by atoms with Crippen molar-refractivity contribution >= 4 is 11.8 Å². The summed E-state index contributed by atoms with van der Waals surface area (Å²) in [5, 5.41) is 21.0. The number of hydrogen-bond acceptors (Lipinski definition) is 14. The van der Waals surface area contributed by atoms with Crippen LogP contribution in [0.4, 0.5) is 11.8 Å². The zero-order valence-electron chi connectivity index (χ0n) is 30.0. The van der Waals surface area contributed by atoms with Crippen molar-refractivity contribution in [2.75, 3.05) is 130 Å². The molecule has 0 spiro atoms. The van der Waals surface area contributed by atoms with E-state index in [1.54, 1.807) is 7.11 Å². The predicted octanol–water partition coefficient (Wildman–Crippen LogP) is 2.45. The highest BCUT2D eigenvalue weighted by molar-refractivity contribution is 5.53. The van der Waals surface area contributed by atoms with Gasteiger partial charge >= 0.3 is 0 Å². The van der Waals surface area contributed by atoms with Crippen LogP contribution in [0.25, 0.3) is 0 Å². The van der Waals surface area contributed by atoms with Gasteiger partial charge in [0.15, 0.2) is 0 Å². The van der Waals surface area contributed by atoms with E-state index in [1.165, 1.54) is 0 Å². The number of aliphatic hydroxyl groups is 2. The number of aromatic nitrogens is 2. The summed E-state index contributed by atoms with van der Waals surface area (Å²) < 4.78 is 39.0. The van der Waals surface area contributed by atoms with Crippen LogP contribution in [0.1, 0.15) is 48.6 Å². The van der Waals surface area contributed by atoms with E-state index in [0.717, 1.165) is 59.8 Å². The Hall–Kier alpha value is -2.66. The molecule has 0 radical (unpaired) electrons. The molecule has 1 heterocycles. The average Bonchev–Trinajstić information content (AvgIpc) is 3.09. The van der Waals surface area contributed by atoms with Crippen molar-refractivity contribution in [3.8, 4) is 5.75 Å². The number of nitrogens with one attached hydrogen (secondary N) is 1. The molecular formula is C35H61N5O9. The first-order valence-electron chi connectivity index (χ1n) is 17.5. The first-order chi connectivity index (χ1) is 24.0. The maximum atomic E-state index is 8.76. The summed E-state index contributed by atoms with van der Waals surface area (Å²) in [5.74, 6) is 1.85. The lowest BCUT2D eigenvalue weighted by Gasteiger charge is -2.23. The molecular weight excluding hydrogens is 634 g/mol. The van der Waals surface area contributed by atoms with Crippen LogP contribution in [0.15, 0.2) is 18.2 Å². The summed E-state index contributed by atoms with van der Waals surface area (Å²) in [6, 6.07) is 6.33. The van der Waals surface area contributed by atoms with E-state index in [0.29, 0.717) is 105 Å². The van der Waals surface area contributed by atoms with E-state index >= 15 is 0 Å². The van der Waals surface area contributed by atoms with Crippen molar-refractivity contribution in [3.63, 3.8) is 0 Å². The second-order valence-corrected chi connectivity index (χ2v) is 11.3. The van der Waals surface area contributed by atoms with Gasteiger partial charge in [-0.25, -0.2) is 4.98 Å². The molecule has 0 fully saturated rings. The van der Waals surface area contributed by atoms with E-state index < -0.39 is 0 Å². The van der Waals surface area contributed by atoms with Crippen LogP contribution in [0.5, 0.6) is 5.75 Å². The monoisotopic (exact) mass is 695 g/mol. The number of nitrogens with zero attached hydrogens (tertiary/aromatic N) is 3. The van der Waals surface area contributed by atoms with Gasteiger partial charge in [-0.15, -0.1) is 0 Å². The molecule has 280 valence electrons. The minimum Gasteiger partial charge on any atom is -0.496 e. The van der Waals surface area contributed by atoms with E-state index in [-0.39, 0.29) is 19.2 Å². The minimum atomic E-state index is 0.00740. The average molecular weight is 696 g/mol. The summed E-state index contributed by atoms with van der Waals surface area (Å²) in [5.41, 5.74) is 10.0. The van der Waals surface area contributed by atoms with E-state index in [9.17, 15) is 0 Å². The fourth-order valence-corrected chi connectivity index (χ4v) is 4.91. The van der Waals surface area contributed by atoms with Crippen molar-refractivity contribution in [1.29, 1.82) is 0 Å². The number of aryl methyl sites for hydroxylation is 1. The Kier molecular flexibility index (Phi) is 24.4. The normalized spacial score (nSPS) is 11.5. The molecule has 0 aliphatic rings. The van der Waals surface area contributed by atoms with Gasteiger partial charge < -0.3 is 54.4 Å². The van der Waals surface area contributed by atoms with Crippen molar-refractivity contribution in [2.24, 2.45) is 0 Å². The SMILES string of the molecule is CCCCCNc1nc(N)nc(C)c1Cc1ccc(CN(CCOCCOCCOCCO)CCOCCOCCOCCO)cc1OC. The quantitative estimate of drug-likeness (QED) is 0.0823. The van der Waals surface area contributed by atoms with Crippen LogP contribution in [-0.4, -0.2) is 144 Å². The number of unbranched alkanes of at least 4 members (excludes halogenated alkanes) is 2. The molecule has 2 rings (SSSR count). The largest absolute Gasteiger partial charge is 0.496 e. The van der Waals surface area contributed by atoms with Gasteiger partial charge in [0.25, 0.3) is 0 Å². The highest BCUT2D eigenvalue weighted by Crippen LogP contribution is 2.28. The lowest BCUT2D eigenvalue weighted by Crippen LogP contribution is -2.31. The molecule has 0 atom stereocenters. The van der Waals surface area contributed by atoms with Crippen LogP contribution in [0.3, 0.4) is 0 Å². The molecule has 1 aromatic heterocycles. The Morgan fingerprint density at radius 3 is 1.84 bits per heavy atom. The Morgan fingerprint density at radius 2 is 1.31 bits per heavy atom. The molecule has 0 unspecified atom stereocenters. The number of nitrogen functional groups attached to an aromatic ring is 1. The summed E-state index contributed by atoms with van der Waals surface area (Å²) in [6.07, 6.45) is 3.98. The van der Waals surface area contributed by atoms with Crippen molar-refractivity contribution < 1.29 is 43.4 Å². The van der Waals surface area contributed by atoms with Crippen LogP contribution < -0.4 is 15.8 Å². The molecule has 0 amide bonds. The smallest absolute Gasteiger partial charge is 0.222 e. The molecule has 0 aliphatic carbocycles. The Morgan fingerprint density at radius 1 is 0.755 bits per heavy atom. The third-order valence-corrected chi connectivity index (χ3v) is 7.49. The van der Waals surface area contributed by atoms with Crippen molar-refractivity contribution in [2.45, 2.75) is 46.1 Å². The number of benzene rings is 1. The Bertz CT molecular complexity index is 1090. The van der Waals surface area contributed by atoms with Gasteiger partial charge in [-0.2, -0.15) is 4.98 Å². The minimum absolute atomic E-state index is 0.00740. The van der Waals surface area contributed by atoms with Crippen LogP contribution >= 0.6 is 0 Å². The van der Waals surface area contributed by atoms with E-state index in [2.05, 4.69) is 45.3 Å². The van der Waals surface area contributed by atoms with E-state index in [1.807, 2.05) is 6.92 Å². The molecule has 0 saturated heterocycles. The van der Waals surface area contributed by atoms with Crippen LogP contribution in [0, 0.1) is 6.92 Å². The van der Waals surface area contributed by atoms with Crippen molar-refractivity contribution in [3.05, 3.63) is 40.6 Å². The molecule has 5 N–H and O–H groups in total. The molecule has 0 bridgehead atoms. The Labute approximate surface area is 292 Å². The number of nitrogens with two attached hydrogens (primary N) is 1. The molecule has 0 saturated carbocycles. The number of rotatable bonds is 32. The summed E-state index contributed by atoms with van der Waals surface area (Å²) in [6.45, 7) is 12.6. The lowest BCUT2D eigenvalue weighted by atomic mass is 10.0. The van der Waals surface area contributed by atoms with Gasteiger partial charge in [0.05, 0.1) is 99.6 Å². The lowest BCUT2D eigenvalue weighted by molar-refractivity contribution is -0.00270. The van der Waals surface area contributed by atoms with Gasteiger partial charge in [-0.3, -0.25) is 4.90 Å². The Balaban J connectivity index is 1.97. The zero-order chi connectivity index (χ0) is 35.4. The molecule has 14 heteroatoms. The molecule has 14 nitrogen and oxygen atoms in total. The second-order valence-electron chi connectivity index (χ2n) is 11.3. The maximum absolute atomic E-state index is 8.76. The molecule has 1 aromatic carbocycles. The number of methoxy groups -OCH3 is 1. The number of hydrogen-bond donors (Lipinski definition) is 4. The molecule has 49 heavy (non-hydrogen) atoms. The van der Waals surface area contributed by atoms with Gasteiger partial charge in [-0.1, -0.05) is 31.9 Å². The summed E-state index contributed by atoms with van der Waals surface area (Å²) >= 11 is 0. The van der Waals surface area contributed by atoms with Gasteiger partial charge in [0.1, 0.15) is 11.6 Å². The van der Waals surface area contributed by atoms with Crippen LogP contribution in [-0.2, 0) is 41.4 Å². The summed E-state index contributed by atoms with van der Waals surface area (Å²) in [7, 11) is 1.69. The topological polar surface area (TPSA) is 172 Å². The second kappa shape index (κ2) is 28.1. The predicted molar refractivity (Wildman–Crippen MR) is 189 cm³/mol. The zero-order valence-corrected chi connectivity index (χ0v) is 30.0. The van der Waals surface area contributed by atoms with Gasteiger partial charge in [0, 0.05) is 43.9 Å². The fraction of sp³-hybridized carbons (Fsp3) is 0.714. The number of ether oxygens (including phenoxy) is 7. The van der Waals surface area contributed by atoms with E-state index in [4.69, 9.17) is 49.1 Å². The number of aliphatic hydroxyl groups excluding tert-OH is 2. The fourth-order valence-electron chi connectivity index (χ4n) is 4.91. The maximum Gasteiger partial charge on any atom is 0.222 e. The third-order valence-electron chi connectivity index (χ3n) is 7.49. The molecule has 0 aliphatic heterocycles. The standard InChI is InChI=1S/C35H61N5O9/c1-4-5-6-9-37-34-32(29(2)38-35(36)39-34)27-31-8-7-30(26-33(31)43-3)28-40(10-14-44-18-22-48-24-20-46-16-12-41)11-15-45-19-23-49-25-21-47-17-13-42/h7-8,26,41-42H,4-6,9-25,27-28H2,1-3H3,(H3,36,37,38,39). The summed E-state index contributed by atoms with van der Waals surface area (Å²) in [4.78, 5) is 11.2. The molecule has 2 aromatic rings. The van der Waals surface area contributed by atoms with Gasteiger partial charge in [0.2, 0.25) is 5.95 Å². The van der Waals surface area contributed by atoms with Gasteiger partial charge in [-0.05, 0) is 30.5 Å². The number of anilines is 2.